The van der Waals surface area contributed by atoms with Crippen molar-refractivity contribution in [2.75, 3.05) is 13.7 Å². The summed E-state index contributed by atoms with van der Waals surface area (Å²) in [6, 6.07) is 6.61. The van der Waals surface area contributed by atoms with E-state index < -0.39 is 0 Å². The minimum atomic E-state index is 0.303. The Morgan fingerprint density at radius 2 is 2.04 bits per heavy atom. The largest absolute Gasteiger partial charge is 0.493 e. The first-order valence-electron chi connectivity index (χ1n) is 9.58. The minimum absolute atomic E-state index is 0.303. The Kier molecular flexibility index (Phi) is 6.05. The molecule has 0 radical (unpaired) electrons. The molecule has 3 rings (SSSR count). The zero-order chi connectivity index (χ0) is 17.6. The van der Waals surface area contributed by atoms with Crippen LogP contribution >= 0.6 is 0 Å². The van der Waals surface area contributed by atoms with Crippen LogP contribution in [0.15, 0.2) is 23.2 Å². The van der Waals surface area contributed by atoms with Gasteiger partial charge in [-0.2, -0.15) is 0 Å². The van der Waals surface area contributed by atoms with Gasteiger partial charge >= 0.3 is 0 Å². The van der Waals surface area contributed by atoms with Crippen LogP contribution < -0.4 is 20.1 Å². The highest BCUT2D eigenvalue weighted by Gasteiger charge is 2.33. The van der Waals surface area contributed by atoms with Gasteiger partial charge in [-0.15, -0.1) is 0 Å². The zero-order valence-corrected chi connectivity index (χ0v) is 15.7. The molecule has 0 saturated heterocycles. The Balaban J connectivity index is 1.73. The molecule has 5 nitrogen and oxygen atoms in total. The highest BCUT2D eigenvalue weighted by Crippen LogP contribution is 2.35. The summed E-state index contributed by atoms with van der Waals surface area (Å²) in [6.45, 7) is 5.79. The first kappa shape index (κ1) is 17.9. The number of hydrogen-bond acceptors (Lipinski definition) is 3. The molecule has 0 spiro atoms. The van der Waals surface area contributed by atoms with Gasteiger partial charge in [-0.05, 0) is 51.0 Å². The van der Waals surface area contributed by atoms with Gasteiger partial charge in [0.25, 0.3) is 0 Å². The van der Waals surface area contributed by atoms with E-state index in [1.165, 1.54) is 19.3 Å². The maximum atomic E-state index is 6.30. The number of rotatable bonds is 7. The number of para-hydroxylation sites is 1. The molecule has 2 aliphatic rings. The van der Waals surface area contributed by atoms with Crippen LogP contribution in [-0.4, -0.2) is 31.8 Å². The molecule has 0 aromatic heterocycles. The van der Waals surface area contributed by atoms with Crippen LogP contribution in [0.5, 0.6) is 11.5 Å². The highest BCUT2D eigenvalue weighted by atomic mass is 16.5. The molecule has 2 atom stereocenters. The Hall–Kier alpha value is -1.91. The third kappa shape index (κ3) is 4.80. The van der Waals surface area contributed by atoms with Crippen LogP contribution in [0.4, 0.5) is 0 Å². The Morgan fingerprint density at radius 3 is 2.68 bits per heavy atom. The standard InChI is InChI=1S/C20H31N3O2/c1-4-21-20(23-17-12-14(17)2)22-13-15-8-7-11-18(24-3)19(15)25-16-9-5-6-10-16/h7-8,11,14,16-17H,4-6,9-10,12-13H2,1-3H3,(H2,21,22,23). The van der Waals surface area contributed by atoms with Crippen molar-refractivity contribution in [3.8, 4) is 11.5 Å². The normalized spacial score (nSPS) is 23.4. The second-order valence-electron chi connectivity index (χ2n) is 7.13. The van der Waals surface area contributed by atoms with Gasteiger partial charge in [-0.25, -0.2) is 4.99 Å². The van der Waals surface area contributed by atoms with Gasteiger partial charge in [0.1, 0.15) is 0 Å². The zero-order valence-electron chi connectivity index (χ0n) is 15.7. The molecular weight excluding hydrogens is 314 g/mol. The van der Waals surface area contributed by atoms with Crippen molar-refractivity contribution in [2.24, 2.45) is 10.9 Å². The van der Waals surface area contributed by atoms with Gasteiger partial charge < -0.3 is 20.1 Å². The predicted molar refractivity (Wildman–Crippen MR) is 101 cm³/mol. The van der Waals surface area contributed by atoms with Crippen LogP contribution in [0.1, 0.15) is 51.5 Å². The van der Waals surface area contributed by atoms with Crippen molar-refractivity contribution in [2.45, 2.75) is 64.6 Å². The lowest BCUT2D eigenvalue weighted by Crippen LogP contribution is -2.39. The first-order valence-corrected chi connectivity index (χ1v) is 9.58. The second kappa shape index (κ2) is 8.45. The van der Waals surface area contributed by atoms with Gasteiger partial charge in [0, 0.05) is 18.2 Å². The smallest absolute Gasteiger partial charge is 0.191 e. The SMILES string of the molecule is CCNC(=NCc1cccc(OC)c1OC1CCCC1)NC1CC1C. The fourth-order valence-electron chi connectivity index (χ4n) is 3.34. The number of methoxy groups -OCH3 is 1. The average Bonchev–Trinajstić information content (AvgIpc) is 3.08. The molecule has 1 aromatic carbocycles. The van der Waals surface area contributed by atoms with Crippen LogP contribution in [-0.2, 0) is 6.54 Å². The van der Waals surface area contributed by atoms with Gasteiger partial charge in [0.05, 0.1) is 19.8 Å². The van der Waals surface area contributed by atoms with Crippen LogP contribution in [0.25, 0.3) is 0 Å². The summed E-state index contributed by atoms with van der Waals surface area (Å²) in [6.07, 6.45) is 6.29. The van der Waals surface area contributed by atoms with Crippen LogP contribution in [0, 0.1) is 5.92 Å². The molecule has 2 N–H and O–H groups in total. The van der Waals surface area contributed by atoms with Crippen molar-refractivity contribution < 1.29 is 9.47 Å². The Morgan fingerprint density at radius 1 is 1.28 bits per heavy atom. The van der Waals surface area contributed by atoms with E-state index in [0.717, 1.165) is 48.3 Å². The van der Waals surface area contributed by atoms with E-state index in [2.05, 4.69) is 30.5 Å². The van der Waals surface area contributed by atoms with E-state index in [1.54, 1.807) is 7.11 Å². The lowest BCUT2D eigenvalue weighted by atomic mass is 10.1. The minimum Gasteiger partial charge on any atom is -0.493 e. The van der Waals surface area contributed by atoms with E-state index in [-0.39, 0.29) is 0 Å². The topological polar surface area (TPSA) is 54.9 Å². The van der Waals surface area contributed by atoms with Crippen molar-refractivity contribution in [3.63, 3.8) is 0 Å². The molecule has 5 heteroatoms. The maximum Gasteiger partial charge on any atom is 0.191 e. The molecule has 2 aliphatic carbocycles. The molecule has 138 valence electrons. The molecule has 1 aromatic rings. The quantitative estimate of drug-likeness (QED) is 0.587. The number of hydrogen-bond donors (Lipinski definition) is 2. The van der Waals surface area contributed by atoms with E-state index in [0.29, 0.717) is 18.7 Å². The van der Waals surface area contributed by atoms with Gasteiger partial charge in [0.2, 0.25) is 0 Å². The second-order valence-corrected chi connectivity index (χ2v) is 7.13. The lowest BCUT2D eigenvalue weighted by molar-refractivity contribution is 0.198. The van der Waals surface area contributed by atoms with Crippen molar-refractivity contribution in [1.29, 1.82) is 0 Å². The number of benzene rings is 1. The summed E-state index contributed by atoms with van der Waals surface area (Å²) < 4.78 is 11.8. The maximum absolute atomic E-state index is 6.30. The van der Waals surface area contributed by atoms with Crippen LogP contribution in [0.3, 0.4) is 0 Å². The molecule has 2 unspecified atom stereocenters. The highest BCUT2D eigenvalue weighted by molar-refractivity contribution is 5.80. The Labute approximate surface area is 151 Å². The molecule has 0 amide bonds. The number of nitrogens with one attached hydrogen (secondary N) is 2. The summed E-state index contributed by atoms with van der Waals surface area (Å²) >= 11 is 0. The summed E-state index contributed by atoms with van der Waals surface area (Å²) in [4.78, 5) is 4.77. The molecule has 2 saturated carbocycles. The summed E-state index contributed by atoms with van der Waals surface area (Å²) in [5, 5.41) is 6.83. The fourth-order valence-corrected chi connectivity index (χ4v) is 3.34. The summed E-state index contributed by atoms with van der Waals surface area (Å²) in [5.74, 6) is 3.28. The third-order valence-corrected chi connectivity index (χ3v) is 5.05. The van der Waals surface area contributed by atoms with Crippen molar-refractivity contribution in [1.82, 2.24) is 10.6 Å². The fraction of sp³-hybridized carbons (Fsp3) is 0.650. The number of ether oxygens (including phenoxy) is 2. The van der Waals surface area contributed by atoms with Crippen LogP contribution in [0.2, 0.25) is 0 Å². The van der Waals surface area contributed by atoms with E-state index in [1.807, 2.05) is 12.1 Å². The number of aliphatic imine (C=N–C) groups is 1. The van der Waals surface area contributed by atoms with Gasteiger partial charge in [0.15, 0.2) is 17.5 Å². The van der Waals surface area contributed by atoms with Crippen molar-refractivity contribution in [3.05, 3.63) is 23.8 Å². The summed E-state index contributed by atoms with van der Waals surface area (Å²) in [7, 11) is 1.70. The van der Waals surface area contributed by atoms with E-state index in [9.17, 15) is 0 Å². The van der Waals surface area contributed by atoms with Crippen molar-refractivity contribution >= 4 is 5.96 Å². The monoisotopic (exact) mass is 345 g/mol. The molecule has 0 heterocycles. The molecule has 2 fully saturated rings. The molecule has 25 heavy (non-hydrogen) atoms. The summed E-state index contributed by atoms with van der Waals surface area (Å²) in [5.41, 5.74) is 1.08. The van der Waals surface area contributed by atoms with Gasteiger partial charge in [-0.3, -0.25) is 0 Å². The molecule has 0 aliphatic heterocycles. The van der Waals surface area contributed by atoms with E-state index >= 15 is 0 Å². The van der Waals surface area contributed by atoms with Gasteiger partial charge in [-0.1, -0.05) is 19.1 Å². The first-order chi connectivity index (χ1) is 12.2. The van der Waals surface area contributed by atoms with E-state index in [4.69, 9.17) is 14.5 Å². The molecular formula is C20H31N3O2. The predicted octanol–water partition coefficient (Wildman–Crippen LogP) is 3.48. The average molecular weight is 345 g/mol. The lowest BCUT2D eigenvalue weighted by Gasteiger charge is -2.19. The molecule has 0 bridgehead atoms. The Bertz CT molecular complexity index is 597. The number of nitrogens with zero attached hydrogens (tertiary/aromatic N) is 1. The number of guanidine groups is 1. The third-order valence-electron chi connectivity index (χ3n) is 5.05.